The molecule has 0 saturated heterocycles. The van der Waals surface area contributed by atoms with E-state index in [1.165, 1.54) is 17.8 Å². The van der Waals surface area contributed by atoms with E-state index in [4.69, 9.17) is 0 Å². The SMILES string of the molecule is C=C(Sc1cc(C(C)(F)F)ccc1C)C(C)CC(C)CC. The lowest BCUT2D eigenvalue weighted by molar-refractivity contribution is 0.0172. The van der Waals surface area contributed by atoms with Gasteiger partial charge in [0.05, 0.1) is 0 Å². The first-order chi connectivity index (χ1) is 9.65. The molecule has 0 fully saturated rings. The van der Waals surface area contributed by atoms with E-state index in [1.54, 1.807) is 12.1 Å². The van der Waals surface area contributed by atoms with Gasteiger partial charge in [-0.3, -0.25) is 0 Å². The summed E-state index contributed by atoms with van der Waals surface area (Å²) >= 11 is 1.53. The molecule has 0 spiro atoms. The first-order valence-electron chi connectivity index (χ1n) is 7.50. The summed E-state index contributed by atoms with van der Waals surface area (Å²) in [6.45, 7) is 13.6. The lowest BCUT2D eigenvalue weighted by atomic mass is 9.95. The summed E-state index contributed by atoms with van der Waals surface area (Å²) in [4.78, 5) is 1.94. The second-order valence-corrected chi connectivity index (χ2v) is 7.26. The largest absolute Gasteiger partial charge is 0.270 e. The Morgan fingerprint density at radius 1 is 1.33 bits per heavy atom. The zero-order valence-corrected chi connectivity index (χ0v) is 14.5. The lowest BCUT2D eigenvalue weighted by Gasteiger charge is -2.19. The van der Waals surface area contributed by atoms with Crippen molar-refractivity contribution in [1.29, 1.82) is 0 Å². The molecule has 1 aromatic rings. The molecule has 0 aliphatic heterocycles. The quantitative estimate of drug-likeness (QED) is 0.500. The van der Waals surface area contributed by atoms with Crippen LogP contribution in [0.5, 0.6) is 0 Å². The Hall–Kier alpha value is -0.830. The molecular weight excluding hydrogens is 286 g/mol. The molecule has 0 aliphatic carbocycles. The van der Waals surface area contributed by atoms with E-state index in [1.807, 2.05) is 6.92 Å². The minimum Gasteiger partial charge on any atom is -0.202 e. The first kappa shape index (κ1) is 18.2. The summed E-state index contributed by atoms with van der Waals surface area (Å²) in [7, 11) is 0. The molecule has 0 radical (unpaired) electrons. The van der Waals surface area contributed by atoms with Crippen molar-refractivity contribution in [2.75, 3.05) is 0 Å². The molecule has 118 valence electrons. The van der Waals surface area contributed by atoms with Gasteiger partial charge in [-0.25, -0.2) is 8.78 Å². The average Bonchev–Trinajstić information content (AvgIpc) is 2.39. The highest BCUT2D eigenvalue weighted by Gasteiger charge is 2.25. The maximum Gasteiger partial charge on any atom is 0.270 e. The van der Waals surface area contributed by atoms with Gasteiger partial charge in [-0.05, 0) is 41.7 Å². The van der Waals surface area contributed by atoms with E-state index >= 15 is 0 Å². The number of hydrogen-bond acceptors (Lipinski definition) is 1. The second kappa shape index (κ2) is 7.44. The van der Waals surface area contributed by atoms with Crippen molar-refractivity contribution in [3.05, 3.63) is 40.8 Å². The Morgan fingerprint density at radius 3 is 2.48 bits per heavy atom. The van der Waals surface area contributed by atoms with Crippen LogP contribution in [0.4, 0.5) is 8.78 Å². The van der Waals surface area contributed by atoms with E-state index in [2.05, 4.69) is 27.4 Å². The molecule has 2 unspecified atom stereocenters. The van der Waals surface area contributed by atoms with Crippen LogP contribution in [0.1, 0.15) is 51.7 Å². The number of allylic oxidation sites excluding steroid dienone is 1. The molecule has 21 heavy (non-hydrogen) atoms. The van der Waals surface area contributed by atoms with E-state index in [-0.39, 0.29) is 5.56 Å². The number of alkyl halides is 2. The maximum atomic E-state index is 13.4. The van der Waals surface area contributed by atoms with Crippen LogP contribution in [0.2, 0.25) is 0 Å². The maximum absolute atomic E-state index is 13.4. The second-order valence-electron chi connectivity index (χ2n) is 6.09. The van der Waals surface area contributed by atoms with Crippen LogP contribution in [-0.4, -0.2) is 0 Å². The molecule has 1 aromatic carbocycles. The Balaban J connectivity index is 2.85. The van der Waals surface area contributed by atoms with Gasteiger partial charge in [-0.1, -0.05) is 57.7 Å². The van der Waals surface area contributed by atoms with Gasteiger partial charge in [-0.2, -0.15) is 0 Å². The van der Waals surface area contributed by atoms with Crippen molar-refractivity contribution in [3.8, 4) is 0 Å². The monoisotopic (exact) mass is 312 g/mol. The minimum absolute atomic E-state index is 0.0676. The van der Waals surface area contributed by atoms with E-state index in [0.717, 1.165) is 35.1 Å². The smallest absolute Gasteiger partial charge is 0.202 e. The molecule has 0 aliphatic rings. The third-order valence-electron chi connectivity index (χ3n) is 3.94. The number of hydrogen-bond donors (Lipinski definition) is 0. The number of halogens is 2. The number of benzene rings is 1. The van der Waals surface area contributed by atoms with Gasteiger partial charge in [0.15, 0.2) is 0 Å². The lowest BCUT2D eigenvalue weighted by Crippen LogP contribution is -2.07. The van der Waals surface area contributed by atoms with Crippen LogP contribution in [0.25, 0.3) is 0 Å². The summed E-state index contributed by atoms with van der Waals surface area (Å²) in [5.74, 6) is -1.76. The van der Waals surface area contributed by atoms with Crippen LogP contribution in [-0.2, 0) is 5.92 Å². The van der Waals surface area contributed by atoms with E-state index < -0.39 is 5.92 Å². The molecule has 0 nitrogen and oxygen atoms in total. The summed E-state index contributed by atoms with van der Waals surface area (Å²) in [5.41, 5.74) is 1.09. The Morgan fingerprint density at radius 2 is 1.95 bits per heavy atom. The summed E-state index contributed by atoms with van der Waals surface area (Å²) in [5, 5.41) is 0. The molecule has 0 saturated carbocycles. The van der Waals surface area contributed by atoms with Crippen molar-refractivity contribution in [2.45, 2.75) is 58.3 Å². The van der Waals surface area contributed by atoms with Gasteiger partial charge in [-0.15, -0.1) is 0 Å². The molecule has 0 bridgehead atoms. The number of aryl methyl sites for hydroxylation is 1. The normalized spacial score (nSPS) is 14.8. The van der Waals surface area contributed by atoms with Crippen LogP contribution in [0, 0.1) is 18.8 Å². The highest BCUT2D eigenvalue weighted by Crippen LogP contribution is 2.38. The van der Waals surface area contributed by atoms with Gasteiger partial charge in [0.25, 0.3) is 5.92 Å². The standard InChI is InChI=1S/C18H26F2S/c1-7-12(2)10-14(4)15(5)21-17-11-16(18(6,19)20)9-8-13(17)3/h8-9,11-12,14H,5,7,10H2,1-4,6H3. The predicted octanol–water partition coefficient (Wildman–Crippen LogP) is 6.78. The molecule has 0 N–H and O–H groups in total. The molecule has 0 aromatic heterocycles. The number of rotatable bonds is 7. The zero-order chi connectivity index (χ0) is 16.2. The topological polar surface area (TPSA) is 0 Å². The van der Waals surface area contributed by atoms with Gasteiger partial charge in [0, 0.05) is 17.4 Å². The average molecular weight is 312 g/mol. The van der Waals surface area contributed by atoms with Gasteiger partial charge >= 0.3 is 0 Å². The third-order valence-corrected chi connectivity index (χ3v) is 5.26. The third kappa shape index (κ3) is 5.46. The Kier molecular flexibility index (Phi) is 6.45. The van der Waals surface area contributed by atoms with E-state index in [9.17, 15) is 8.78 Å². The fourth-order valence-corrected chi connectivity index (χ4v) is 3.12. The minimum atomic E-state index is -2.80. The number of thioether (sulfide) groups is 1. The fourth-order valence-electron chi connectivity index (χ4n) is 2.13. The van der Waals surface area contributed by atoms with Crippen molar-refractivity contribution in [1.82, 2.24) is 0 Å². The van der Waals surface area contributed by atoms with Gasteiger partial charge < -0.3 is 0 Å². The predicted molar refractivity (Wildman–Crippen MR) is 89.0 cm³/mol. The Bertz CT molecular complexity index is 488. The Labute approximate surface area is 132 Å². The molecule has 3 heteroatoms. The van der Waals surface area contributed by atoms with Crippen LogP contribution >= 0.6 is 11.8 Å². The van der Waals surface area contributed by atoms with Crippen LogP contribution < -0.4 is 0 Å². The van der Waals surface area contributed by atoms with Crippen LogP contribution in [0.3, 0.4) is 0 Å². The highest BCUT2D eigenvalue weighted by atomic mass is 32.2. The van der Waals surface area contributed by atoms with Crippen molar-refractivity contribution in [2.24, 2.45) is 11.8 Å². The fraction of sp³-hybridized carbons (Fsp3) is 0.556. The van der Waals surface area contributed by atoms with Crippen molar-refractivity contribution >= 4 is 11.8 Å². The van der Waals surface area contributed by atoms with Crippen molar-refractivity contribution < 1.29 is 8.78 Å². The van der Waals surface area contributed by atoms with Gasteiger partial charge in [0.2, 0.25) is 0 Å². The molecule has 1 rings (SSSR count). The van der Waals surface area contributed by atoms with Crippen LogP contribution in [0.15, 0.2) is 34.6 Å². The molecular formula is C18H26F2S. The zero-order valence-electron chi connectivity index (χ0n) is 13.7. The molecule has 0 amide bonds. The molecule has 2 atom stereocenters. The first-order valence-corrected chi connectivity index (χ1v) is 8.32. The van der Waals surface area contributed by atoms with Crippen molar-refractivity contribution in [3.63, 3.8) is 0 Å². The highest BCUT2D eigenvalue weighted by molar-refractivity contribution is 8.03. The van der Waals surface area contributed by atoms with E-state index in [0.29, 0.717) is 11.8 Å². The van der Waals surface area contributed by atoms with Gasteiger partial charge in [0.1, 0.15) is 0 Å². The summed E-state index contributed by atoms with van der Waals surface area (Å²) in [6, 6.07) is 4.87. The molecule has 0 heterocycles. The summed E-state index contributed by atoms with van der Waals surface area (Å²) < 4.78 is 26.9. The summed E-state index contributed by atoms with van der Waals surface area (Å²) in [6.07, 6.45) is 2.24.